The minimum atomic E-state index is 0.0777. The second-order valence-electron chi connectivity index (χ2n) is 4.49. The van der Waals surface area contributed by atoms with Crippen LogP contribution in [-0.2, 0) is 6.61 Å². The van der Waals surface area contributed by atoms with Gasteiger partial charge in [0.25, 0.3) is 0 Å². The molecule has 2 N–H and O–H groups in total. The number of benzene rings is 2. The second kappa shape index (κ2) is 6.25. The zero-order valence-electron chi connectivity index (χ0n) is 11.3. The van der Waals surface area contributed by atoms with E-state index in [1.807, 2.05) is 36.4 Å². The third-order valence-corrected chi connectivity index (χ3v) is 3.14. The molecule has 2 aromatic rings. The number of aliphatic hydroxyl groups excluding tert-OH is 1. The molecule has 0 amide bonds. The maximum absolute atomic E-state index is 9.01. The summed E-state index contributed by atoms with van der Waals surface area (Å²) in [5.41, 5.74) is 3.16. The number of nitrogens with one attached hydrogen (secondary N) is 1. The zero-order valence-corrected chi connectivity index (χ0v) is 11.3. The number of aliphatic hydroxyl groups is 1. The molecule has 0 aliphatic heterocycles. The van der Waals surface area contributed by atoms with Crippen LogP contribution in [0.1, 0.15) is 24.1 Å². The molecule has 0 spiro atoms. The van der Waals surface area contributed by atoms with Crippen LogP contribution in [0.4, 0.5) is 5.69 Å². The first-order valence-corrected chi connectivity index (χ1v) is 6.33. The number of anilines is 1. The van der Waals surface area contributed by atoms with E-state index in [2.05, 4.69) is 24.4 Å². The van der Waals surface area contributed by atoms with Crippen molar-refractivity contribution in [3.8, 4) is 5.75 Å². The van der Waals surface area contributed by atoms with Crippen molar-refractivity contribution in [1.29, 1.82) is 0 Å². The third kappa shape index (κ3) is 3.48. The summed E-state index contributed by atoms with van der Waals surface area (Å²) in [6.07, 6.45) is 0. The molecule has 0 saturated carbocycles. The molecular formula is C16H19NO2. The highest BCUT2D eigenvalue weighted by Crippen LogP contribution is 2.21. The van der Waals surface area contributed by atoms with Gasteiger partial charge in [-0.2, -0.15) is 0 Å². The fraction of sp³-hybridized carbons (Fsp3) is 0.250. The summed E-state index contributed by atoms with van der Waals surface area (Å²) < 4.78 is 5.15. The maximum atomic E-state index is 9.01. The van der Waals surface area contributed by atoms with Gasteiger partial charge in [-0.3, -0.25) is 0 Å². The van der Waals surface area contributed by atoms with Crippen LogP contribution in [0.3, 0.4) is 0 Å². The summed E-state index contributed by atoms with van der Waals surface area (Å²) in [4.78, 5) is 0. The Hall–Kier alpha value is -2.00. The molecule has 0 radical (unpaired) electrons. The van der Waals surface area contributed by atoms with Gasteiger partial charge in [-0.05, 0) is 42.3 Å². The molecule has 1 unspecified atom stereocenters. The van der Waals surface area contributed by atoms with Crippen LogP contribution in [-0.4, -0.2) is 12.2 Å². The Morgan fingerprint density at radius 1 is 1.05 bits per heavy atom. The van der Waals surface area contributed by atoms with Crippen molar-refractivity contribution >= 4 is 5.69 Å². The van der Waals surface area contributed by atoms with E-state index < -0.39 is 0 Å². The summed E-state index contributed by atoms with van der Waals surface area (Å²) in [5, 5.41) is 12.4. The first-order valence-electron chi connectivity index (χ1n) is 6.33. The van der Waals surface area contributed by atoms with Crippen molar-refractivity contribution in [3.63, 3.8) is 0 Å². The third-order valence-electron chi connectivity index (χ3n) is 3.14. The van der Waals surface area contributed by atoms with Gasteiger partial charge in [0.1, 0.15) is 5.75 Å². The van der Waals surface area contributed by atoms with E-state index in [0.717, 1.165) is 17.0 Å². The van der Waals surface area contributed by atoms with Gasteiger partial charge < -0.3 is 15.2 Å². The Balaban J connectivity index is 2.04. The Labute approximate surface area is 113 Å². The largest absolute Gasteiger partial charge is 0.497 e. The van der Waals surface area contributed by atoms with Crippen LogP contribution in [0, 0.1) is 0 Å². The highest BCUT2D eigenvalue weighted by atomic mass is 16.5. The van der Waals surface area contributed by atoms with Gasteiger partial charge in [-0.1, -0.05) is 24.3 Å². The average molecular weight is 257 g/mol. The van der Waals surface area contributed by atoms with Gasteiger partial charge in [-0.25, -0.2) is 0 Å². The standard InChI is InChI=1S/C16H19NO2/c1-12(14-5-9-16(19-2)10-6-14)17-15-7-3-13(11-18)4-8-15/h3-10,12,17-18H,11H2,1-2H3. The maximum Gasteiger partial charge on any atom is 0.118 e. The van der Waals surface area contributed by atoms with Crippen LogP contribution in [0.25, 0.3) is 0 Å². The Kier molecular flexibility index (Phi) is 4.42. The van der Waals surface area contributed by atoms with Crippen LogP contribution in [0.2, 0.25) is 0 Å². The number of methoxy groups -OCH3 is 1. The summed E-state index contributed by atoms with van der Waals surface area (Å²) in [6, 6.07) is 16.0. The molecule has 100 valence electrons. The summed E-state index contributed by atoms with van der Waals surface area (Å²) in [6.45, 7) is 2.19. The fourth-order valence-corrected chi connectivity index (χ4v) is 1.93. The second-order valence-corrected chi connectivity index (χ2v) is 4.49. The number of rotatable bonds is 5. The molecule has 19 heavy (non-hydrogen) atoms. The van der Waals surface area contributed by atoms with E-state index in [9.17, 15) is 0 Å². The monoisotopic (exact) mass is 257 g/mol. The normalized spacial score (nSPS) is 11.9. The molecule has 3 nitrogen and oxygen atoms in total. The van der Waals surface area contributed by atoms with Crippen molar-refractivity contribution in [2.75, 3.05) is 12.4 Å². The highest BCUT2D eigenvalue weighted by Gasteiger charge is 2.05. The summed E-state index contributed by atoms with van der Waals surface area (Å²) in [7, 11) is 1.67. The first kappa shape index (κ1) is 13.4. The minimum absolute atomic E-state index is 0.0777. The quantitative estimate of drug-likeness (QED) is 0.863. The lowest BCUT2D eigenvalue weighted by Gasteiger charge is -2.16. The molecule has 0 aliphatic rings. The van der Waals surface area contributed by atoms with E-state index in [1.165, 1.54) is 5.56 Å². The smallest absolute Gasteiger partial charge is 0.118 e. The van der Waals surface area contributed by atoms with E-state index in [1.54, 1.807) is 7.11 Å². The van der Waals surface area contributed by atoms with Gasteiger partial charge >= 0.3 is 0 Å². The number of hydrogen-bond donors (Lipinski definition) is 2. The molecule has 3 heteroatoms. The van der Waals surface area contributed by atoms with Crippen LogP contribution in [0.15, 0.2) is 48.5 Å². The molecule has 0 aliphatic carbocycles. The molecule has 0 heterocycles. The van der Waals surface area contributed by atoms with Crippen molar-refractivity contribution < 1.29 is 9.84 Å². The lowest BCUT2D eigenvalue weighted by atomic mass is 10.1. The predicted molar refractivity (Wildman–Crippen MR) is 77.4 cm³/mol. The summed E-state index contributed by atoms with van der Waals surface area (Å²) in [5.74, 6) is 0.864. The van der Waals surface area contributed by atoms with Gasteiger partial charge in [0, 0.05) is 11.7 Å². The molecule has 0 saturated heterocycles. The van der Waals surface area contributed by atoms with Crippen molar-refractivity contribution in [1.82, 2.24) is 0 Å². The average Bonchev–Trinajstić information content (AvgIpc) is 2.48. The molecule has 0 fully saturated rings. The van der Waals surface area contributed by atoms with Gasteiger partial charge in [0.15, 0.2) is 0 Å². The molecule has 0 aromatic heterocycles. The Morgan fingerprint density at radius 3 is 2.21 bits per heavy atom. The molecule has 1 atom stereocenters. The molecule has 0 bridgehead atoms. The van der Waals surface area contributed by atoms with E-state index in [-0.39, 0.29) is 12.6 Å². The van der Waals surface area contributed by atoms with Crippen LogP contribution >= 0.6 is 0 Å². The first-order chi connectivity index (χ1) is 9.22. The Bertz CT molecular complexity index is 505. The van der Waals surface area contributed by atoms with E-state index in [0.29, 0.717) is 0 Å². The molecular weight excluding hydrogens is 238 g/mol. The van der Waals surface area contributed by atoms with E-state index in [4.69, 9.17) is 9.84 Å². The number of hydrogen-bond acceptors (Lipinski definition) is 3. The lowest BCUT2D eigenvalue weighted by molar-refractivity contribution is 0.282. The minimum Gasteiger partial charge on any atom is -0.497 e. The van der Waals surface area contributed by atoms with E-state index >= 15 is 0 Å². The van der Waals surface area contributed by atoms with Crippen molar-refractivity contribution in [2.24, 2.45) is 0 Å². The molecule has 2 aromatic carbocycles. The topological polar surface area (TPSA) is 41.5 Å². The van der Waals surface area contributed by atoms with Gasteiger partial charge in [0.05, 0.1) is 13.7 Å². The van der Waals surface area contributed by atoms with Crippen LogP contribution < -0.4 is 10.1 Å². The predicted octanol–water partition coefficient (Wildman–Crippen LogP) is 3.36. The Morgan fingerprint density at radius 2 is 1.68 bits per heavy atom. The van der Waals surface area contributed by atoms with Gasteiger partial charge in [0.2, 0.25) is 0 Å². The molecule has 2 rings (SSSR count). The number of ether oxygens (including phenoxy) is 1. The van der Waals surface area contributed by atoms with Crippen LogP contribution in [0.5, 0.6) is 5.75 Å². The zero-order chi connectivity index (χ0) is 13.7. The fourth-order valence-electron chi connectivity index (χ4n) is 1.93. The summed E-state index contributed by atoms with van der Waals surface area (Å²) >= 11 is 0. The highest BCUT2D eigenvalue weighted by molar-refractivity contribution is 5.47. The van der Waals surface area contributed by atoms with Crippen molar-refractivity contribution in [3.05, 3.63) is 59.7 Å². The SMILES string of the molecule is COc1ccc(C(C)Nc2ccc(CO)cc2)cc1. The van der Waals surface area contributed by atoms with Crippen molar-refractivity contribution in [2.45, 2.75) is 19.6 Å². The lowest BCUT2D eigenvalue weighted by Crippen LogP contribution is -2.06. The van der Waals surface area contributed by atoms with Gasteiger partial charge in [-0.15, -0.1) is 0 Å².